The highest BCUT2D eigenvalue weighted by molar-refractivity contribution is 7.89. The molecule has 0 spiro atoms. The number of nitro benzene ring substituents is 1. The van der Waals surface area contributed by atoms with Gasteiger partial charge in [0, 0.05) is 37.8 Å². The Morgan fingerprint density at radius 3 is 2.38 bits per heavy atom. The number of rotatable bonds is 8. The average molecular weight is 418 g/mol. The van der Waals surface area contributed by atoms with Crippen LogP contribution in [0.3, 0.4) is 0 Å². The molecule has 0 atom stereocenters. The third-order valence-corrected chi connectivity index (χ3v) is 6.52. The van der Waals surface area contributed by atoms with Crippen molar-refractivity contribution in [2.45, 2.75) is 24.2 Å². The molecule has 3 rings (SSSR count). The van der Waals surface area contributed by atoms with E-state index in [0.29, 0.717) is 24.5 Å². The number of hydrogen-bond donors (Lipinski definition) is 2. The predicted octanol–water partition coefficient (Wildman–Crippen LogP) is 2.82. The van der Waals surface area contributed by atoms with Gasteiger partial charge in [0.15, 0.2) is 0 Å². The summed E-state index contributed by atoms with van der Waals surface area (Å²) in [6.07, 6.45) is 1.83. The average Bonchev–Trinajstić information content (AvgIpc) is 3.24. The highest BCUT2D eigenvalue weighted by atomic mass is 32.2. The van der Waals surface area contributed by atoms with Crippen LogP contribution in [0.4, 0.5) is 17.1 Å². The number of benzene rings is 2. The van der Waals surface area contributed by atoms with E-state index in [2.05, 4.69) is 10.6 Å². The minimum atomic E-state index is -3.48. The SMILES string of the molecule is O=C(CCNc1ccccc1[N+](=O)[O-])Nc1ccc(S(=O)(=O)N2CCCC2)cc1. The molecule has 29 heavy (non-hydrogen) atoms. The van der Waals surface area contributed by atoms with Gasteiger partial charge in [0.25, 0.3) is 5.69 Å². The van der Waals surface area contributed by atoms with Gasteiger partial charge in [-0.1, -0.05) is 12.1 Å². The van der Waals surface area contributed by atoms with Crippen molar-refractivity contribution in [3.8, 4) is 0 Å². The van der Waals surface area contributed by atoms with E-state index in [9.17, 15) is 23.3 Å². The summed E-state index contributed by atoms with van der Waals surface area (Å²) >= 11 is 0. The molecule has 2 aromatic rings. The highest BCUT2D eigenvalue weighted by Gasteiger charge is 2.26. The summed E-state index contributed by atoms with van der Waals surface area (Å²) in [5.41, 5.74) is 0.783. The van der Waals surface area contributed by atoms with E-state index in [-0.39, 0.29) is 29.5 Å². The monoisotopic (exact) mass is 418 g/mol. The van der Waals surface area contributed by atoms with Crippen molar-refractivity contribution < 1.29 is 18.1 Å². The van der Waals surface area contributed by atoms with Gasteiger partial charge < -0.3 is 10.6 Å². The second-order valence-corrected chi connectivity index (χ2v) is 8.57. The minimum Gasteiger partial charge on any atom is -0.379 e. The predicted molar refractivity (Wildman–Crippen MR) is 109 cm³/mol. The third-order valence-electron chi connectivity index (χ3n) is 4.61. The van der Waals surface area contributed by atoms with Gasteiger partial charge in [0.1, 0.15) is 5.69 Å². The fourth-order valence-electron chi connectivity index (χ4n) is 3.10. The van der Waals surface area contributed by atoms with Crippen molar-refractivity contribution in [1.29, 1.82) is 0 Å². The van der Waals surface area contributed by atoms with Crippen LogP contribution in [0.25, 0.3) is 0 Å². The molecule has 9 nitrogen and oxygen atoms in total. The maximum atomic E-state index is 12.5. The van der Waals surface area contributed by atoms with Gasteiger partial charge in [-0.25, -0.2) is 8.42 Å². The molecule has 0 aliphatic carbocycles. The number of sulfonamides is 1. The molecule has 1 amide bonds. The lowest BCUT2D eigenvalue weighted by Gasteiger charge is -2.15. The van der Waals surface area contributed by atoms with Crippen molar-refractivity contribution >= 4 is 33.0 Å². The summed E-state index contributed by atoms with van der Waals surface area (Å²) in [5, 5.41) is 16.6. The summed E-state index contributed by atoms with van der Waals surface area (Å²) in [6, 6.07) is 12.3. The van der Waals surface area contributed by atoms with E-state index in [0.717, 1.165) is 12.8 Å². The lowest BCUT2D eigenvalue weighted by molar-refractivity contribution is -0.384. The highest BCUT2D eigenvalue weighted by Crippen LogP contribution is 2.24. The lowest BCUT2D eigenvalue weighted by Crippen LogP contribution is -2.27. The van der Waals surface area contributed by atoms with E-state index >= 15 is 0 Å². The second kappa shape index (κ2) is 9.01. The molecule has 0 radical (unpaired) electrons. The lowest BCUT2D eigenvalue weighted by atomic mass is 10.2. The number of carbonyl (C=O) groups is 1. The van der Waals surface area contributed by atoms with Gasteiger partial charge >= 0.3 is 0 Å². The molecule has 1 aliphatic rings. The van der Waals surface area contributed by atoms with Crippen LogP contribution in [0.2, 0.25) is 0 Å². The van der Waals surface area contributed by atoms with Crippen molar-refractivity contribution in [1.82, 2.24) is 4.31 Å². The Labute approximate surface area is 168 Å². The molecule has 1 aliphatic heterocycles. The molecule has 1 heterocycles. The smallest absolute Gasteiger partial charge is 0.292 e. The van der Waals surface area contributed by atoms with Gasteiger partial charge in [-0.05, 0) is 43.2 Å². The van der Waals surface area contributed by atoms with Crippen LogP contribution in [-0.4, -0.2) is 43.2 Å². The van der Waals surface area contributed by atoms with Crippen LogP contribution >= 0.6 is 0 Å². The molecule has 2 aromatic carbocycles. The number of hydrogen-bond acceptors (Lipinski definition) is 6. The van der Waals surface area contributed by atoms with Gasteiger partial charge in [-0.3, -0.25) is 14.9 Å². The van der Waals surface area contributed by atoms with Crippen molar-refractivity contribution in [2.24, 2.45) is 0 Å². The van der Waals surface area contributed by atoms with Crippen molar-refractivity contribution in [3.05, 3.63) is 58.6 Å². The molecule has 0 unspecified atom stereocenters. The summed E-state index contributed by atoms with van der Waals surface area (Å²) in [5.74, 6) is -0.286. The zero-order valence-corrected chi connectivity index (χ0v) is 16.5. The Balaban J connectivity index is 1.53. The van der Waals surface area contributed by atoms with Gasteiger partial charge in [-0.2, -0.15) is 4.31 Å². The molecule has 0 saturated carbocycles. The molecule has 0 bridgehead atoms. The molecule has 1 saturated heterocycles. The molecule has 10 heteroatoms. The molecule has 1 fully saturated rings. The first-order valence-electron chi connectivity index (χ1n) is 9.25. The van der Waals surface area contributed by atoms with E-state index in [1.54, 1.807) is 30.3 Å². The van der Waals surface area contributed by atoms with Gasteiger partial charge in [-0.15, -0.1) is 0 Å². The molecular formula is C19H22N4O5S. The number of nitro groups is 1. The van der Waals surface area contributed by atoms with Crippen molar-refractivity contribution in [3.63, 3.8) is 0 Å². The quantitative estimate of drug-likeness (QED) is 0.502. The third kappa shape index (κ3) is 5.09. The first-order chi connectivity index (χ1) is 13.9. The first-order valence-corrected chi connectivity index (χ1v) is 10.7. The standard InChI is InChI=1S/C19H22N4O5S/c24-19(11-12-20-17-5-1-2-6-18(17)23(25)26)21-15-7-9-16(10-8-15)29(27,28)22-13-3-4-14-22/h1-2,5-10,20H,3-4,11-14H2,(H,21,24). The Hall–Kier alpha value is -2.98. The van der Waals surface area contributed by atoms with Gasteiger partial charge in [0.2, 0.25) is 15.9 Å². The first kappa shape index (κ1) is 20.7. The molecule has 154 valence electrons. The molecular weight excluding hydrogens is 396 g/mol. The summed E-state index contributed by atoms with van der Waals surface area (Å²) < 4.78 is 26.5. The largest absolute Gasteiger partial charge is 0.379 e. The minimum absolute atomic E-state index is 0.0530. The van der Waals surface area contributed by atoms with Crippen LogP contribution in [0, 0.1) is 10.1 Å². The zero-order valence-electron chi connectivity index (χ0n) is 15.7. The van der Waals surface area contributed by atoms with E-state index in [1.165, 1.54) is 22.5 Å². The topological polar surface area (TPSA) is 122 Å². The van der Waals surface area contributed by atoms with E-state index in [1.807, 2.05) is 0 Å². The van der Waals surface area contributed by atoms with Crippen LogP contribution in [0.5, 0.6) is 0 Å². The number of carbonyl (C=O) groups excluding carboxylic acids is 1. The fraction of sp³-hybridized carbons (Fsp3) is 0.316. The summed E-state index contributed by atoms with van der Waals surface area (Å²) in [4.78, 5) is 22.8. The molecule has 0 aromatic heterocycles. The second-order valence-electron chi connectivity index (χ2n) is 6.63. The Kier molecular flexibility index (Phi) is 6.45. The summed E-state index contributed by atoms with van der Waals surface area (Å²) in [7, 11) is -3.48. The van der Waals surface area contributed by atoms with Crippen LogP contribution in [0.15, 0.2) is 53.4 Å². The molecule has 2 N–H and O–H groups in total. The maximum Gasteiger partial charge on any atom is 0.292 e. The number of anilines is 2. The van der Waals surface area contributed by atoms with Crippen LogP contribution < -0.4 is 10.6 Å². The maximum absolute atomic E-state index is 12.5. The number of nitrogens with one attached hydrogen (secondary N) is 2. The Bertz CT molecular complexity index is 986. The van der Waals surface area contributed by atoms with Crippen LogP contribution in [-0.2, 0) is 14.8 Å². The Morgan fingerprint density at radius 1 is 1.07 bits per heavy atom. The van der Waals surface area contributed by atoms with Crippen LogP contribution in [0.1, 0.15) is 19.3 Å². The zero-order chi connectivity index (χ0) is 20.9. The van der Waals surface area contributed by atoms with E-state index in [4.69, 9.17) is 0 Å². The normalized spacial score (nSPS) is 14.5. The Morgan fingerprint density at radius 2 is 1.72 bits per heavy atom. The van der Waals surface area contributed by atoms with Gasteiger partial charge in [0.05, 0.1) is 9.82 Å². The van der Waals surface area contributed by atoms with Crippen molar-refractivity contribution in [2.75, 3.05) is 30.3 Å². The summed E-state index contributed by atoms with van der Waals surface area (Å²) in [6.45, 7) is 1.29. The number of amides is 1. The number of para-hydroxylation sites is 2. The van der Waals surface area contributed by atoms with E-state index < -0.39 is 14.9 Å². The fourth-order valence-corrected chi connectivity index (χ4v) is 4.62. The number of nitrogens with zero attached hydrogens (tertiary/aromatic N) is 2.